The first-order chi connectivity index (χ1) is 16.8. The number of nitrogens with one attached hydrogen (secondary N) is 1. The minimum absolute atomic E-state index is 0.0484. The molecule has 0 saturated carbocycles. The van der Waals surface area contributed by atoms with Crippen LogP contribution in [0.2, 0.25) is 0 Å². The molecule has 0 amide bonds. The molecule has 0 spiro atoms. The summed E-state index contributed by atoms with van der Waals surface area (Å²) < 4.78 is 22.8. The molecular formula is C23H29N4O7P. The van der Waals surface area contributed by atoms with Gasteiger partial charge in [0, 0.05) is 49.3 Å². The molecule has 188 valence electrons. The monoisotopic (exact) mass is 504 g/mol. The van der Waals surface area contributed by atoms with Crippen molar-refractivity contribution in [2.75, 3.05) is 6.54 Å². The molecule has 3 aliphatic rings. The topological polar surface area (TPSA) is 129 Å². The lowest BCUT2D eigenvalue weighted by Crippen LogP contribution is -2.33. The van der Waals surface area contributed by atoms with Gasteiger partial charge in [-0.15, -0.1) is 0 Å². The van der Waals surface area contributed by atoms with Crippen molar-refractivity contribution in [1.29, 1.82) is 0 Å². The fraction of sp³-hybridized carbons (Fsp3) is 0.565. The highest BCUT2D eigenvalue weighted by molar-refractivity contribution is 7.45. The molecule has 6 atom stereocenters. The van der Waals surface area contributed by atoms with Crippen LogP contribution in [0.1, 0.15) is 50.0 Å². The van der Waals surface area contributed by atoms with Crippen LogP contribution < -0.4 is 11.2 Å². The van der Waals surface area contributed by atoms with Crippen molar-refractivity contribution in [3.63, 3.8) is 0 Å². The number of nitro groups is 1. The zero-order valence-corrected chi connectivity index (χ0v) is 20.6. The van der Waals surface area contributed by atoms with Crippen LogP contribution in [-0.4, -0.2) is 50.0 Å². The number of aromatic amines is 1. The van der Waals surface area contributed by atoms with Gasteiger partial charge < -0.3 is 13.8 Å². The molecule has 1 aromatic carbocycles. The largest absolute Gasteiger partial charge is 0.352 e. The number of hydrogen-bond acceptors (Lipinski definition) is 8. The van der Waals surface area contributed by atoms with E-state index in [0.717, 1.165) is 31.4 Å². The van der Waals surface area contributed by atoms with E-state index in [1.54, 1.807) is 19.1 Å². The maximum absolute atomic E-state index is 12.4. The Morgan fingerprint density at radius 2 is 2.03 bits per heavy atom. The number of aromatic nitrogens is 2. The quantitative estimate of drug-likeness (QED) is 0.346. The Morgan fingerprint density at radius 3 is 2.74 bits per heavy atom. The summed E-state index contributed by atoms with van der Waals surface area (Å²) >= 11 is 0. The molecule has 11 nitrogen and oxygen atoms in total. The number of fused-ring (bicyclic) bond motifs is 1. The molecule has 12 heteroatoms. The molecule has 1 N–H and O–H groups in total. The van der Waals surface area contributed by atoms with Gasteiger partial charge in [-0.25, -0.2) is 9.46 Å². The van der Waals surface area contributed by atoms with E-state index in [4.69, 9.17) is 13.8 Å². The highest BCUT2D eigenvalue weighted by Gasteiger charge is 2.49. The number of aryl methyl sites for hydroxylation is 1. The van der Waals surface area contributed by atoms with Gasteiger partial charge in [0.1, 0.15) is 6.23 Å². The third-order valence-electron chi connectivity index (χ3n) is 6.98. The summed E-state index contributed by atoms with van der Waals surface area (Å²) in [5, 5.41) is 10.9. The SMILES string of the molecule is CC[C@H]1O[C@@H](n2cc(C)c(=O)[nH]c2=O)CC1O[P@@]1OC(Cc2ccc([N+](=O)[O-])cc2)[C@@H]2CCCN21. The third kappa shape index (κ3) is 4.83. The number of hydrogen-bond donors (Lipinski definition) is 1. The Kier molecular flexibility index (Phi) is 6.87. The van der Waals surface area contributed by atoms with Crippen molar-refractivity contribution < 1.29 is 18.7 Å². The summed E-state index contributed by atoms with van der Waals surface area (Å²) in [6.45, 7) is 4.58. The first-order valence-electron chi connectivity index (χ1n) is 11.9. The van der Waals surface area contributed by atoms with Crippen LogP contribution in [0, 0.1) is 17.0 Å². The number of non-ortho nitro benzene ring substituents is 1. The Hall–Kier alpha value is -2.43. The van der Waals surface area contributed by atoms with E-state index >= 15 is 0 Å². The number of H-pyrrole nitrogens is 1. The zero-order valence-electron chi connectivity index (χ0n) is 19.7. The van der Waals surface area contributed by atoms with Gasteiger partial charge in [0.25, 0.3) is 19.8 Å². The van der Waals surface area contributed by atoms with Gasteiger partial charge in [-0.1, -0.05) is 19.1 Å². The van der Waals surface area contributed by atoms with Crippen LogP contribution >= 0.6 is 8.53 Å². The number of ether oxygens (including phenoxy) is 1. The second kappa shape index (κ2) is 9.91. The number of nitro benzene ring substituents is 1. The first-order valence-corrected chi connectivity index (χ1v) is 13.1. The highest BCUT2D eigenvalue weighted by Crippen LogP contribution is 2.58. The van der Waals surface area contributed by atoms with E-state index in [9.17, 15) is 19.7 Å². The molecule has 0 bridgehead atoms. The molecule has 3 saturated heterocycles. The van der Waals surface area contributed by atoms with Gasteiger partial charge in [-0.05, 0) is 31.7 Å². The number of benzene rings is 1. The molecule has 0 aliphatic carbocycles. The maximum Gasteiger partial charge on any atom is 0.330 e. The summed E-state index contributed by atoms with van der Waals surface area (Å²) in [6.07, 6.45) is 4.49. The first kappa shape index (κ1) is 24.3. The van der Waals surface area contributed by atoms with Crippen LogP contribution in [0.5, 0.6) is 0 Å². The number of rotatable bonds is 7. The van der Waals surface area contributed by atoms with E-state index in [1.807, 2.05) is 6.92 Å². The molecular weight excluding hydrogens is 475 g/mol. The van der Waals surface area contributed by atoms with E-state index in [0.29, 0.717) is 18.4 Å². The van der Waals surface area contributed by atoms with Crippen molar-refractivity contribution in [2.24, 2.45) is 0 Å². The molecule has 3 fully saturated rings. The molecule has 4 heterocycles. The average molecular weight is 504 g/mol. The molecule has 1 aromatic heterocycles. The lowest BCUT2D eigenvalue weighted by molar-refractivity contribution is -0.384. The Morgan fingerprint density at radius 1 is 1.26 bits per heavy atom. The van der Waals surface area contributed by atoms with Gasteiger partial charge in [-0.2, -0.15) is 0 Å². The van der Waals surface area contributed by atoms with E-state index in [-0.39, 0.29) is 30.0 Å². The third-order valence-corrected chi connectivity index (χ3v) is 8.80. The van der Waals surface area contributed by atoms with Crippen LogP contribution in [0.25, 0.3) is 0 Å². The minimum atomic E-state index is -1.29. The summed E-state index contributed by atoms with van der Waals surface area (Å²) in [6, 6.07) is 6.87. The summed E-state index contributed by atoms with van der Waals surface area (Å²) in [4.78, 5) is 37.0. The van der Waals surface area contributed by atoms with Crippen LogP contribution in [0.4, 0.5) is 5.69 Å². The van der Waals surface area contributed by atoms with Gasteiger partial charge in [0.05, 0.1) is 23.2 Å². The fourth-order valence-electron chi connectivity index (χ4n) is 5.11. The second-order valence-corrected chi connectivity index (χ2v) is 10.7. The second-order valence-electron chi connectivity index (χ2n) is 9.28. The summed E-state index contributed by atoms with van der Waals surface area (Å²) in [7, 11) is -1.29. The van der Waals surface area contributed by atoms with Crippen LogP contribution in [0.15, 0.2) is 40.1 Å². The smallest absolute Gasteiger partial charge is 0.330 e. The molecule has 3 aliphatic heterocycles. The average Bonchev–Trinajstić information content (AvgIpc) is 3.54. The van der Waals surface area contributed by atoms with Gasteiger partial charge in [-0.3, -0.25) is 24.5 Å². The Labute approximate surface area is 203 Å². The molecule has 0 radical (unpaired) electrons. The van der Waals surface area contributed by atoms with Gasteiger partial charge in [0.15, 0.2) is 0 Å². The van der Waals surface area contributed by atoms with E-state index in [1.165, 1.54) is 22.9 Å². The standard InChI is InChI=1S/C23H29N4O7P/c1-3-18-20(12-21(32-18)25-13-14(2)22(28)24-23(25)29)34-35-26-10-4-5-17(26)19(33-35)11-15-6-8-16(9-7-15)27(30)31/h6-9,13,17-21H,3-5,10-12H2,1-2H3,(H,24,28,29)/t17-,18+,19?,20?,21+,35+/m0/s1. The summed E-state index contributed by atoms with van der Waals surface area (Å²) in [5.74, 6) is 0. The maximum atomic E-state index is 12.4. The van der Waals surface area contributed by atoms with Gasteiger partial charge >= 0.3 is 5.69 Å². The van der Waals surface area contributed by atoms with Crippen molar-refractivity contribution in [3.05, 3.63) is 72.5 Å². The van der Waals surface area contributed by atoms with Gasteiger partial charge in [0.2, 0.25) is 0 Å². The van der Waals surface area contributed by atoms with Crippen molar-refractivity contribution in [1.82, 2.24) is 14.2 Å². The highest BCUT2D eigenvalue weighted by atomic mass is 31.2. The zero-order chi connectivity index (χ0) is 24.7. The lowest BCUT2D eigenvalue weighted by atomic mass is 10.0. The van der Waals surface area contributed by atoms with Crippen molar-refractivity contribution >= 4 is 14.2 Å². The molecule has 35 heavy (non-hydrogen) atoms. The van der Waals surface area contributed by atoms with Crippen molar-refractivity contribution in [3.8, 4) is 0 Å². The minimum Gasteiger partial charge on any atom is -0.352 e. The predicted octanol–water partition coefficient (Wildman–Crippen LogP) is 3.17. The Bertz CT molecular complexity index is 1200. The van der Waals surface area contributed by atoms with E-state index < -0.39 is 30.9 Å². The predicted molar refractivity (Wildman–Crippen MR) is 128 cm³/mol. The fourth-order valence-corrected chi connectivity index (χ4v) is 7.11. The molecule has 5 rings (SSSR count). The molecule has 2 unspecified atom stereocenters. The van der Waals surface area contributed by atoms with E-state index in [2.05, 4.69) is 9.65 Å². The Balaban J connectivity index is 1.28. The van der Waals surface area contributed by atoms with Crippen molar-refractivity contribution in [2.45, 2.75) is 76.5 Å². The molecule has 2 aromatic rings. The normalized spacial score (nSPS) is 30.6. The number of nitrogens with zero attached hydrogens (tertiary/aromatic N) is 3. The lowest BCUT2D eigenvalue weighted by Gasteiger charge is -2.25. The summed E-state index contributed by atoms with van der Waals surface area (Å²) in [5.41, 5.74) is 0.626. The van der Waals surface area contributed by atoms with Crippen LogP contribution in [-0.2, 0) is 20.2 Å². The van der Waals surface area contributed by atoms with Crippen LogP contribution in [0.3, 0.4) is 0 Å².